The van der Waals surface area contributed by atoms with E-state index in [1.54, 1.807) is 7.05 Å². The number of aromatic nitrogens is 1. The zero-order valence-corrected chi connectivity index (χ0v) is 17.6. The Kier molecular flexibility index (Phi) is 12.2. The third-order valence-corrected chi connectivity index (χ3v) is 3.92. The lowest BCUT2D eigenvalue weighted by molar-refractivity contribution is 0.421. The van der Waals surface area contributed by atoms with Crippen LogP contribution in [-0.4, -0.2) is 24.5 Å². The summed E-state index contributed by atoms with van der Waals surface area (Å²) < 4.78 is 5.57. The molecule has 1 atom stereocenters. The van der Waals surface area contributed by atoms with Gasteiger partial charge in [0.1, 0.15) is 5.76 Å². The molecule has 0 aliphatic rings. The molecule has 0 spiro atoms. The van der Waals surface area contributed by atoms with Gasteiger partial charge in [0.05, 0.1) is 12.2 Å². The second kappa shape index (κ2) is 12.6. The number of nitrogens with one attached hydrogen (secondary N) is 2. The maximum Gasteiger partial charge on any atom is 0.214 e. The lowest BCUT2D eigenvalue weighted by Gasteiger charge is -2.18. The average Bonchev–Trinajstić information content (AvgIpc) is 2.83. The molecule has 6 heteroatoms. The highest BCUT2D eigenvalue weighted by Crippen LogP contribution is 2.13. The van der Waals surface area contributed by atoms with Gasteiger partial charge in [-0.2, -0.15) is 0 Å². The second-order valence-corrected chi connectivity index (χ2v) is 5.85. The van der Waals surface area contributed by atoms with Crippen LogP contribution in [0.15, 0.2) is 9.41 Å². The van der Waals surface area contributed by atoms with Crippen molar-refractivity contribution >= 4 is 29.9 Å². The maximum absolute atomic E-state index is 5.57. The zero-order chi connectivity index (χ0) is 16.4. The third-order valence-electron chi connectivity index (χ3n) is 3.92. The Morgan fingerprint density at radius 2 is 1.91 bits per heavy atom. The molecule has 1 unspecified atom stereocenters. The lowest BCUT2D eigenvalue weighted by atomic mass is 9.97. The van der Waals surface area contributed by atoms with Crippen LogP contribution >= 0.6 is 24.0 Å². The summed E-state index contributed by atoms with van der Waals surface area (Å²) in [7, 11) is 1.79. The summed E-state index contributed by atoms with van der Waals surface area (Å²) in [6, 6.07) is 0. The van der Waals surface area contributed by atoms with E-state index < -0.39 is 0 Å². The molecule has 5 nitrogen and oxygen atoms in total. The van der Waals surface area contributed by atoms with Crippen LogP contribution in [0.2, 0.25) is 0 Å². The van der Waals surface area contributed by atoms with E-state index in [0.29, 0.717) is 12.4 Å². The van der Waals surface area contributed by atoms with Crippen molar-refractivity contribution in [3.05, 3.63) is 17.3 Å². The molecule has 0 aliphatic heterocycles. The summed E-state index contributed by atoms with van der Waals surface area (Å²) in [5.74, 6) is 3.11. The highest BCUT2D eigenvalue weighted by molar-refractivity contribution is 14.0. The quantitative estimate of drug-likeness (QED) is 0.346. The smallest absolute Gasteiger partial charge is 0.214 e. The minimum Gasteiger partial charge on any atom is -0.444 e. The molecule has 0 fully saturated rings. The Morgan fingerprint density at radius 3 is 2.43 bits per heavy atom. The molecular weight excluding hydrogens is 403 g/mol. The van der Waals surface area contributed by atoms with Crippen molar-refractivity contribution in [3.63, 3.8) is 0 Å². The fraction of sp³-hybridized carbons (Fsp3) is 0.765. The molecule has 1 aromatic rings. The molecule has 0 saturated carbocycles. The van der Waals surface area contributed by atoms with Gasteiger partial charge in [0, 0.05) is 13.6 Å². The van der Waals surface area contributed by atoms with Crippen LogP contribution in [0.25, 0.3) is 0 Å². The fourth-order valence-electron chi connectivity index (χ4n) is 2.49. The highest BCUT2D eigenvalue weighted by Gasteiger charge is 2.10. The Bertz CT molecular complexity index is 440. The van der Waals surface area contributed by atoms with Crippen LogP contribution in [-0.2, 0) is 6.54 Å². The molecule has 1 rings (SSSR count). The van der Waals surface area contributed by atoms with Crippen LogP contribution in [0.1, 0.15) is 63.3 Å². The number of hydrogen-bond donors (Lipinski definition) is 2. The monoisotopic (exact) mass is 436 g/mol. The van der Waals surface area contributed by atoms with Crippen LogP contribution in [0.5, 0.6) is 0 Å². The van der Waals surface area contributed by atoms with Crippen molar-refractivity contribution in [2.75, 3.05) is 13.6 Å². The second-order valence-electron chi connectivity index (χ2n) is 5.85. The first-order chi connectivity index (χ1) is 10.6. The van der Waals surface area contributed by atoms with E-state index in [0.717, 1.165) is 29.9 Å². The third kappa shape index (κ3) is 8.58. The van der Waals surface area contributed by atoms with Crippen molar-refractivity contribution in [2.24, 2.45) is 10.9 Å². The molecule has 0 saturated heterocycles. The molecule has 134 valence electrons. The summed E-state index contributed by atoms with van der Waals surface area (Å²) in [5, 5.41) is 6.69. The van der Waals surface area contributed by atoms with Crippen LogP contribution in [0.3, 0.4) is 0 Å². The first kappa shape index (κ1) is 22.2. The normalized spacial score (nSPS) is 12.7. The van der Waals surface area contributed by atoms with Gasteiger partial charge in [0.25, 0.3) is 0 Å². The number of aryl methyl sites for hydroxylation is 2. The van der Waals surface area contributed by atoms with Crippen molar-refractivity contribution < 1.29 is 4.42 Å². The van der Waals surface area contributed by atoms with Gasteiger partial charge in [0.15, 0.2) is 5.96 Å². The first-order valence-corrected chi connectivity index (χ1v) is 8.48. The molecule has 0 bridgehead atoms. The van der Waals surface area contributed by atoms with E-state index >= 15 is 0 Å². The van der Waals surface area contributed by atoms with Gasteiger partial charge in [-0.05, 0) is 32.6 Å². The van der Waals surface area contributed by atoms with E-state index in [1.807, 2.05) is 13.8 Å². The zero-order valence-electron chi connectivity index (χ0n) is 15.2. The SMILES string of the molecule is CCCCC(CCC)CNC(=NC)NCc1nc(C)c(C)o1.I. The Hall–Kier alpha value is -0.790. The molecule has 0 radical (unpaired) electrons. The van der Waals surface area contributed by atoms with E-state index in [-0.39, 0.29) is 24.0 Å². The molecule has 23 heavy (non-hydrogen) atoms. The van der Waals surface area contributed by atoms with E-state index in [9.17, 15) is 0 Å². The van der Waals surface area contributed by atoms with Gasteiger partial charge in [-0.15, -0.1) is 24.0 Å². The highest BCUT2D eigenvalue weighted by atomic mass is 127. The van der Waals surface area contributed by atoms with E-state index in [4.69, 9.17) is 4.42 Å². The van der Waals surface area contributed by atoms with Crippen molar-refractivity contribution in [1.82, 2.24) is 15.6 Å². The Balaban J connectivity index is 0.00000484. The van der Waals surface area contributed by atoms with E-state index in [2.05, 4.69) is 34.5 Å². The van der Waals surface area contributed by atoms with Crippen LogP contribution in [0.4, 0.5) is 0 Å². The minimum absolute atomic E-state index is 0. The summed E-state index contributed by atoms with van der Waals surface area (Å²) in [6.07, 6.45) is 6.34. The summed E-state index contributed by atoms with van der Waals surface area (Å²) in [6.45, 7) is 9.91. The van der Waals surface area contributed by atoms with Crippen molar-refractivity contribution in [1.29, 1.82) is 0 Å². The van der Waals surface area contributed by atoms with Gasteiger partial charge in [-0.3, -0.25) is 4.99 Å². The molecule has 1 aromatic heterocycles. The maximum atomic E-state index is 5.57. The molecular formula is C17H33IN4O. The van der Waals surface area contributed by atoms with Crippen LogP contribution < -0.4 is 10.6 Å². The summed E-state index contributed by atoms with van der Waals surface area (Å²) >= 11 is 0. The number of unbranched alkanes of at least 4 members (excludes halogenated alkanes) is 1. The number of oxazole rings is 1. The van der Waals surface area contributed by atoms with Gasteiger partial charge in [0.2, 0.25) is 5.89 Å². The standard InChI is InChI=1S/C17H32N4O.HI/c1-6-8-10-15(9-7-2)11-19-17(18-5)20-12-16-21-13(3)14(4)22-16;/h15H,6-12H2,1-5H3,(H2,18,19,20);1H. The molecule has 0 aromatic carbocycles. The number of hydrogen-bond acceptors (Lipinski definition) is 3. The Morgan fingerprint density at radius 1 is 1.17 bits per heavy atom. The minimum atomic E-state index is 0. The lowest BCUT2D eigenvalue weighted by Crippen LogP contribution is -2.39. The van der Waals surface area contributed by atoms with E-state index in [1.165, 1.54) is 32.1 Å². The van der Waals surface area contributed by atoms with Gasteiger partial charge >= 0.3 is 0 Å². The molecule has 2 N–H and O–H groups in total. The van der Waals surface area contributed by atoms with Crippen LogP contribution in [0, 0.1) is 19.8 Å². The number of guanidine groups is 1. The summed E-state index contributed by atoms with van der Waals surface area (Å²) in [5.41, 5.74) is 0.947. The number of halogens is 1. The van der Waals surface area contributed by atoms with Crippen molar-refractivity contribution in [2.45, 2.75) is 66.3 Å². The average molecular weight is 436 g/mol. The Labute approximate surface area is 158 Å². The number of aliphatic imine (C=N–C) groups is 1. The molecule has 0 amide bonds. The summed E-state index contributed by atoms with van der Waals surface area (Å²) in [4.78, 5) is 8.64. The van der Waals surface area contributed by atoms with Gasteiger partial charge in [-0.1, -0.05) is 33.1 Å². The topological polar surface area (TPSA) is 62.5 Å². The van der Waals surface area contributed by atoms with Crippen molar-refractivity contribution in [3.8, 4) is 0 Å². The van der Waals surface area contributed by atoms with Gasteiger partial charge < -0.3 is 15.1 Å². The number of nitrogens with zero attached hydrogens (tertiary/aromatic N) is 2. The largest absolute Gasteiger partial charge is 0.444 e. The fourth-order valence-corrected chi connectivity index (χ4v) is 2.49. The molecule has 0 aliphatic carbocycles. The predicted molar refractivity (Wildman–Crippen MR) is 108 cm³/mol. The molecule has 1 heterocycles. The number of rotatable bonds is 9. The predicted octanol–water partition coefficient (Wildman–Crippen LogP) is 4.18. The van der Waals surface area contributed by atoms with Gasteiger partial charge in [-0.25, -0.2) is 4.98 Å². The first-order valence-electron chi connectivity index (χ1n) is 8.48.